The highest BCUT2D eigenvalue weighted by atomic mass is 16.2. The van der Waals surface area contributed by atoms with E-state index in [9.17, 15) is 19.2 Å². The van der Waals surface area contributed by atoms with Crippen LogP contribution in [0.3, 0.4) is 0 Å². The van der Waals surface area contributed by atoms with Gasteiger partial charge in [0.05, 0.1) is 0 Å². The summed E-state index contributed by atoms with van der Waals surface area (Å²) in [4.78, 5) is 48.6. The van der Waals surface area contributed by atoms with Crippen LogP contribution < -0.4 is 10.6 Å². The van der Waals surface area contributed by atoms with Crippen LogP contribution in [-0.4, -0.2) is 36.0 Å². The molecule has 0 aromatic rings. The number of amides is 2. The smallest absolute Gasteiger partial charge is 0.287 e. The molecule has 6 nitrogen and oxygen atoms in total. The fourth-order valence-electron chi connectivity index (χ4n) is 4.11. The molecule has 25 heavy (non-hydrogen) atoms. The number of hydrogen-bond donors (Lipinski definition) is 2. The van der Waals surface area contributed by atoms with Crippen LogP contribution in [0.2, 0.25) is 0 Å². The Morgan fingerprint density at radius 3 is 1.68 bits per heavy atom. The second-order valence-corrected chi connectivity index (χ2v) is 7.82. The highest BCUT2D eigenvalue weighted by Gasteiger charge is 2.36. The number of carbonyl (C=O) groups excluding carboxylic acids is 4. The van der Waals surface area contributed by atoms with Crippen LogP contribution in [-0.2, 0) is 19.2 Å². The van der Waals surface area contributed by atoms with Crippen molar-refractivity contribution in [1.29, 1.82) is 0 Å². The van der Waals surface area contributed by atoms with Gasteiger partial charge in [-0.05, 0) is 44.4 Å². The van der Waals surface area contributed by atoms with Gasteiger partial charge in [0.2, 0.25) is 11.6 Å². The van der Waals surface area contributed by atoms with E-state index in [1.165, 1.54) is 0 Å². The van der Waals surface area contributed by atoms with Crippen molar-refractivity contribution in [3.63, 3.8) is 0 Å². The summed E-state index contributed by atoms with van der Waals surface area (Å²) in [7, 11) is 0. The number of ketones is 2. The molecule has 0 bridgehead atoms. The van der Waals surface area contributed by atoms with Gasteiger partial charge in [0, 0.05) is 24.4 Å². The Morgan fingerprint density at radius 2 is 1.20 bits per heavy atom. The van der Waals surface area contributed by atoms with Gasteiger partial charge >= 0.3 is 0 Å². The standard InChI is InChI=1S/C19H28N2O4/c22-16(13-5-1-2-6-13)18(24)20-11-15(12-9-10-12)21-19(25)17(23)14-7-3-4-8-14/h12-15H,1-11H2,(H,20,24)(H,21,25). The van der Waals surface area contributed by atoms with Crippen LogP contribution >= 0.6 is 0 Å². The first-order valence-electron chi connectivity index (χ1n) is 9.73. The van der Waals surface area contributed by atoms with Crippen molar-refractivity contribution in [2.24, 2.45) is 17.8 Å². The van der Waals surface area contributed by atoms with E-state index < -0.39 is 11.8 Å². The molecule has 138 valence electrons. The zero-order valence-corrected chi connectivity index (χ0v) is 14.7. The van der Waals surface area contributed by atoms with E-state index in [2.05, 4.69) is 10.6 Å². The first-order chi connectivity index (χ1) is 12.1. The van der Waals surface area contributed by atoms with Crippen molar-refractivity contribution in [3.8, 4) is 0 Å². The lowest BCUT2D eigenvalue weighted by molar-refractivity contribution is -0.141. The Morgan fingerprint density at radius 1 is 0.720 bits per heavy atom. The van der Waals surface area contributed by atoms with Gasteiger partial charge in [-0.25, -0.2) is 0 Å². The molecule has 0 aliphatic heterocycles. The lowest BCUT2D eigenvalue weighted by Gasteiger charge is -2.19. The molecule has 0 saturated heterocycles. The zero-order chi connectivity index (χ0) is 17.8. The number of nitrogens with one attached hydrogen (secondary N) is 2. The van der Waals surface area contributed by atoms with Gasteiger partial charge in [-0.2, -0.15) is 0 Å². The highest BCUT2D eigenvalue weighted by Crippen LogP contribution is 2.33. The number of Topliss-reactive ketones (excluding diaryl/α,β-unsaturated/α-hetero) is 2. The van der Waals surface area contributed by atoms with Gasteiger partial charge in [0.25, 0.3) is 11.8 Å². The van der Waals surface area contributed by atoms with Crippen molar-refractivity contribution in [2.75, 3.05) is 6.54 Å². The molecule has 3 fully saturated rings. The summed E-state index contributed by atoms with van der Waals surface area (Å²) in [6.45, 7) is 0.228. The third kappa shape index (κ3) is 4.67. The normalized spacial score (nSPS) is 22.6. The summed E-state index contributed by atoms with van der Waals surface area (Å²) in [5, 5.41) is 5.49. The van der Waals surface area contributed by atoms with Crippen LogP contribution in [0.25, 0.3) is 0 Å². The monoisotopic (exact) mass is 348 g/mol. The van der Waals surface area contributed by atoms with Gasteiger partial charge in [0.15, 0.2) is 0 Å². The Labute approximate surface area is 148 Å². The highest BCUT2D eigenvalue weighted by molar-refractivity contribution is 6.37. The minimum absolute atomic E-state index is 0.140. The average Bonchev–Trinajstić information content (AvgIpc) is 3.09. The van der Waals surface area contributed by atoms with Gasteiger partial charge in [-0.1, -0.05) is 25.7 Å². The third-order valence-corrected chi connectivity index (χ3v) is 5.89. The molecule has 0 radical (unpaired) electrons. The molecule has 3 saturated carbocycles. The molecule has 2 N–H and O–H groups in total. The fourth-order valence-corrected chi connectivity index (χ4v) is 4.11. The molecule has 0 spiro atoms. The summed E-state index contributed by atoms with van der Waals surface area (Å²) >= 11 is 0. The van der Waals surface area contributed by atoms with E-state index in [0.717, 1.165) is 64.2 Å². The van der Waals surface area contributed by atoms with Gasteiger partial charge in [-0.15, -0.1) is 0 Å². The molecule has 1 atom stereocenters. The Hall–Kier alpha value is -1.72. The van der Waals surface area contributed by atoms with Gasteiger partial charge < -0.3 is 10.6 Å². The van der Waals surface area contributed by atoms with E-state index in [1.807, 2.05) is 0 Å². The molecule has 0 aromatic heterocycles. The Balaban J connectivity index is 1.47. The summed E-state index contributed by atoms with van der Waals surface area (Å²) in [5.74, 6) is -1.72. The maximum Gasteiger partial charge on any atom is 0.287 e. The molecule has 1 unspecified atom stereocenters. The number of rotatable bonds is 8. The molecule has 3 aliphatic rings. The summed E-state index contributed by atoms with van der Waals surface area (Å²) in [5.41, 5.74) is 0. The van der Waals surface area contributed by atoms with Crippen molar-refractivity contribution < 1.29 is 19.2 Å². The summed E-state index contributed by atoms with van der Waals surface area (Å²) < 4.78 is 0. The number of hydrogen-bond acceptors (Lipinski definition) is 4. The zero-order valence-electron chi connectivity index (χ0n) is 14.7. The van der Waals surface area contributed by atoms with E-state index in [-0.39, 0.29) is 36.0 Å². The van der Waals surface area contributed by atoms with Gasteiger partial charge in [0.1, 0.15) is 0 Å². The molecule has 0 aromatic carbocycles. The molecule has 3 rings (SSSR count). The topological polar surface area (TPSA) is 92.3 Å². The second kappa shape index (κ2) is 8.11. The van der Waals surface area contributed by atoms with E-state index in [0.29, 0.717) is 5.92 Å². The van der Waals surface area contributed by atoms with Crippen LogP contribution in [0, 0.1) is 17.8 Å². The third-order valence-electron chi connectivity index (χ3n) is 5.89. The molecule has 3 aliphatic carbocycles. The average molecular weight is 348 g/mol. The maximum atomic E-state index is 12.2. The van der Waals surface area contributed by atoms with E-state index in [1.54, 1.807) is 0 Å². The van der Waals surface area contributed by atoms with Crippen LogP contribution in [0.15, 0.2) is 0 Å². The molecule has 0 heterocycles. The fraction of sp³-hybridized carbons (Fsp3) is 0.789. The van der Waals surface area contributed by atoms with E-state index in [4.69, 9.17) is 0 Å². The van der Waals surface area contributed by atoms with Gasteiger partial charge in [-0.3, -0.25) is 19.2 Å². The lowest BCUT2D eigenvalue weighted by atomic mass is 10.0. The van der Waals surface area contributed by atoms with Crippen molar-refractivity contribution in [3.05, 3.63) is 0 Å². The second-order valence-electron chi connectivity index (χ2n) is 7.82. The predicted molar refractivity (Wildman–Crippen MR) is 91.6 cm³/mol. The first-order valence-corrected chi connectivity index (χ1v) is 9.73. The SMILES string of the molecule is O=C(NCC(NC(=O)C(=O)C1CCCC1)C1CC1)C(=O)C1CCCC1. The van der Waals surface area contributed by atoms with Crippen LogP contribution in [0.4, 0.5) is 0 Å². The van der Waals surface area contributed by atoms with Crippen molar-refractivity contribution in [1.82, 2.24) is 10.6 Å². The Bertz CT molecular complexity index is 544. The Kier molecular flexibility index (Phi) is 5.86. The largest absolute Gasteiger partial charge is 0.347 e. The van der Waals surface area contributed by atoms with Crippen LogP contribution in [0.5, 0.6) is 0 Å². The number of carbonyl (C=O) groups is 4. The molecule has 6 heteroatoms. The van der Waals surface area contributed by atoms with E-state index >= 15 is 0 Å². The predicted octanol–water partition coefficient (Wildman–Crippen LogP) is 1.52. The summed E-state index contributed by atoms with van der Waals surface area (Å²) in [6.07, 6.45) is 9.19. The minimum atomic E-state index is -0.547. The van der Waals surface area contributed by atoms with Crippen LogP contribution in [0.1, 0.15) is 64.2 Å². The first kappa shape index (κ1) is 18.1. The quantitative estimate of drug-likeness (QED) is 0.651. The van der Waals surface area contributed by atoms with Crippen molar-refractivity contribution in [2.45, 2.75) is 70.3 Å². The molecule has 2 amide bonds. The molecular formula is C19H28N2O4. The maximum absolute atomic E-state index is 12.2. The minimum Gasteiger partial charge on any atom is -0.347 e. The summed E-state index contributed by atoms with van der Waals surface area (Å²) in [6, 6.07) is -0.252. The molecular weight excluding hydrogens is 320 g/mol. The van der Waals surface area contributed by atoms with Crippen molar-refractivity contribution >= 4 is 23.4 Å². The lowest BCUT2D eigenvalue weighted by Crippen LogP contribution is -2.49.